The fraction of sp³-hybridized carbons (Fsp3) is 0.688. The van der Waals surface area contributed by atoms with Crippen LogP contribution in [0.25, 0.3) is 0 Å². The number of primary amides is 1. The van der Waals surface area contributed by atoms with Crippen LogP contribution in [0.2, 0.25) is 0 Å². The van der Waals surface area contributed by atoms with Crippen molar-refractivity contribution < 1.29 is 14.4 Å². The number of hydrogen-bond acceptors (Lipinski definition) is 3. The summed E-state index contributed by atoms with van der Waals surface area (Å²) >= 11 is 0. The minimum absolute atomic E-state index is 0.0262. The maximum atomic E-state index is 12.9. The predicted octanol–water partition coefficient (Wildman–Crippen LogP) is -0.0294. The van der Waals surface area contributed by atoms with Gasteiger partial charge in [-0.1, -0.05) is 19.8 Å². The Morgan fingerprint density at radius 3 is 2.45 bits per heavy atom. The summed E-state index contributed by atoms with van der Waals surface area (Å²) in [7, 11) is 0. The van der Waals surface area contributed by atoms with E-state index in [1.807, 2.05) is 13.8 Å². The monoisotopic (exact) mass is 305 g/mol. The molecule has 0 aromatic rings. The Labute approximate surface area is 131 Å². The summed E-state index contributed by atoms with van der Waals surface area (Å²) < 4.78 is 0. The van der Waals surface area contributed by atoms with Crippen LogP contribution in [0, 0.1) is 23.2 Å². The van der Waals surface area contributed by atoms with E-state index in [0.717, 1.165) is 0 Å². The summed E-state index contributed by atoms with van der Waals surface area (Å²) in [6, 6.07) is -0.577. The Balaban J connectivity index is 2.16. The molecule has 2 N–H and O–H groups in total. The molecule has 6 nitrogen and oxygen atoms in total. The average Bonchev–Trinajstić information content (AvgIpc) is 2.99. The van der Waals surface area contributed by atoms with Gasteiger partial charge in [0.1, 0.15) is 6.04 Å². The van der Waals surface area contributed by atoms with Crippen LogP contribution in [0.15, 0.2) is 0 Å². The summed E-state index contributed by atoms with van der Waals surface area (Å²) in [5.41, 5.74) is 4.90. The van der Waals surface area contributed by atoms with Crippen molar-refractivity contribution in [1.29, 1.82) is 0 Å². The third-order valence-electron chi connectivity index (χ3n) is 4.68. The molecule has 0 aromatic carbocycles. The van der Waals surface area contributed by atoms with Crippen molar-refractivity contribution in [3.63, 3.8) is 0 Å². The van der Waals surface area contributed by atoms with Crippen LogP contribution in [0.5, 0.6) is 0 Å². The van der Waals surface area contributed by atoms with Crippen LogP contribution < -0.4 is 5.73 Å². The highest BCUT2D eigenvalue weighted by Gasteiger charge is 2.53. The van der Waals surface area contributed by atoms with Crippen molar-refractivity contribution in [2.24, 2.45) is 17.1 Å². The summed E-state index contributed by atoms with van der Waals surface area (Å²) in [6.45, 7) is 6.83. The van der Waals surface area contributed by atoms with E-state index in [-0.39, 0.29) is 17.7 Å². The number of likely N-dealkylation sites (tertiary alicyclic amines) is 2. The largest absolute Gasteiger partial charge is 0.368 e. The van der Waals surface area contributed by atoms with E-state index in [2.05, 4.69) is 11.8 Å². The van der Waals surface area contributed by atoms with Gasteiger partial charge in [0.25, 0.3) is 5.91 Å². The SMILES string of the molecule is CC#CC(=O)N1CC[C@]2(CCN([C@H](C(N)=O)C(C)C)C2=O)C1. The van der Waals surface area contributed by atoms with E-state index >= 15 is 0 Å². The zero-order valence-corrected chi connectivity index (χ0v) is 13.4. The van der Waals surface area contributed by atoms with Gasteiger partial charge in [0.05, 0.1) is 5.41 Å². The van der Waals surface area contributed by atoms with E-state index in [0.29, 0.717) is 32.5 Å². The highest BCUT2D eigenvalue weighted by Crippen LogP contribution is 2.42. The highest BCUT2D eigenvalue weighted by atomic mass is 16.2. The Morgan fingerprint density at radius 2 is 1.91 bits per heavy atom. The first-order chi connectivity index (χ1) is 10.3. The molecule has 0 saturated carbocycles. The smallest absolute Gasteiger partial charge is 0.298 e. The van der Waals surface area contributed by atoms with Crippen molar-refractivity contribution in [3.05, 3.63) is 0 Å². The topological polar surface area (TPSA) is 83.7 Å². The molecular formula is C16H23N3O3. The van der Waals surface area contributed by atoms with E-state index in [1.165, 1.54) is 0 Å². The molecule has 22 heavy (non-hydrogen) atoms. The van der Waals surface area contributed by atoms with E-state index < -0.39 is 17.4 Å². The number of nitrogens with two attached hydrogens (primary N) is 1. The standard InChI is InChI=1S/C16H23N3O3/c1-4-5-12(20)18-8-6-16(10-18)7-9-19(15(16)22)13(11(2)3)14(17)21/h11,13H,6-10H2,1-3H3,(H2,17,21)/t13-,16-/m0/s1. The van der Waals surface area contributed by atoms with Crippen LogP contribution in [0.1, 0.15) is 33.6 Å². The first-order valence-corrected chi connectivity index (χ1v) is 7.64. The van der Waals surface area contributed by atoms with Gasteiger partial charge in [0, 0.05) is 19.6 Å². The molecule has 120 valence electrons. The van der Waals surface area contributed by atoms with Crippen molar-refractivity contribution in [1.82, 2.24) is 9.80 Å². The predicted molar refractivity (Wildman–Crippen MR) is 81.2 cm³/mol. The van der Waals surface area contributed by atoms with Gasteiger partial charge in [0.2, 0.25) is 11.8 Å². The Morgan fingerprint density at radius 1 is 1.27 bits per heavy atom. The van der Waals surface area contributed by atoms with Gasteiger partial charge in [-0.05, 0) is 31.6 Å². The molecule has 2 heterocycles. The number of carbonyl (C=O) groups is 3. The Hall–Kier alpha value is -2.03. The quantitative estimate of drug-likeness (QED) is 0.743. The van der Waals surface area contributed by atoms with Gasteiger partial charge in [0.15, 0.2) is 0 Å². The van der Waals surface area contributed by atoms with Crippen LogP contribution >= 0.6 is 0 Å². The molecule has 0 aromatic heterocycles. The number of carbonyl (C=O) groups excluding carboxylic acids is 3. The summed E-state index contributed by atoms with van der Waals surface area (Å²) in [6.07, 6.45) is 1.29. The van der Waals surface area contributed by atoms with Crippen LogP contribution in [-0.2, 0) is 14.4 Å². The van der Waals surface area contributed by atoms with Crippen molar-refractivity contribution >= 4 is 17.7 Å². The molecule has 3 amide bonds. The Bertz CT molecular complexity index is 561. The molecule has 2 rings (SSSR count). The minimum Gasteiger partial charge on any atom is -0.368 e. The lowest BCUT2D eigenvalue weighted by atomic mass is 9.85. The lowest BCUT2D eigenvalue weighted by Crippen LogP contribution is -2.50. The molecule has 2 aliphatic heterocycles. The second kappa shape index (κ2) is 5.99. The van der Waals surface area contributed by atoms with Gasteiger partial charge in [-0.25, -0.2) is 0 Å². The maximum absolute atomic E-state index is 12.9. The number of hydrogen-bond donors (Lipinski definition) is 1. The van der Waals surface area contributed by atoms with Crippen LogP contribution in [0.3, 0.4) is 0 Å². The summed E-state index contributed by atoms with van der Waals surface area (Å²) in [5, 5.41) is 0. The van der Waals surface area contributed by atoms with Crippen molar-refractivity contribution in [2.75, 3.05) is 19.6 Å². The van der Waals surface area contributed by atoms with Crippen molar-refractivity contribution in [3.8, 4) is 11.8 Å². The second-order valence-corrected chi connectivity index (χ2v) is 6.47. The lowest BCUT2D eigenvalue weighted by Gasteiger charge is -2.30. The molecule has 0 aliphatic carbocycles. The summed E-state index contributed by atoms with van der Waals surface area (Å²) in [4.78, 5) is 39.6. The highest BCUT2D eigenvalue weighted by molar-refractivity contribution is 5.96. The van der Waals surface area contributed by atoms with E-state index in [9.17, 15) is 14.4 Å². The number of rotatable bonds is 3. The summed E-state index contributed by atoms with van der Waals surface area (Å²) in [5.74, 6) is 4.33. The third kappa shape index (κ3) is 2.68. The first kappa shape index (κ1) is 16.3. The first-order valence-electron chi connectivity index (χ1n) is 7.64. The average molecular weight is 305 g/mol. The molecule has 0 radical (unpaired) electrons. The number of nitrogens with zero attached hydrogens (tertiary/aromatic N) is 2. The normalized spacial score (nSPS) is 25.5. The molecule has 0 bridgehead atoms. The molecule has 2 saturated heterocycles. The third-order valence-corrected chi connectivity index (χ3v) is 4.68. The van der Waals surface area contributed by atoms with Gasteiger partial charge in [-0.15, -0.1) is 0 Å². The zero-order valence-electron chi connectivity index (χ0n) is 13.4. The fourth-order valence-electron chi connectivity index (χ4n) is 3.57. The van der Waals surface area contributed by atoms with Gasteiger partial charge < -0.3 is 15.5 Å². The molecule has 6 heteroatoms. The molecular weight excluding hydrogens is 282 g/mol. The van der Waals surface area contributed by atoms with Crippen LogP contribution in [-0.4, -0.2) is 53.2 Å². The zero-order chi connectivity index (χ0) is 16.5. The molecule has 2 fully saturated rings. The fourth-order valence-corrected chi connectivity index (χ4v) is 3.57. The minimum atomic E-state index is -0.577. The Kier molecular flexibility index (Phi) is 4.45. The second-order valence-electron chi connectivity index (χ2n) is 6.47. The maximum Gasteiger partial charge on any atom is 0.298 e. The lowest BCUT2D eigenvalue weighted by molar-refractivity contribution is -0.143. The van der Waals surface area contributed by atoms with Gasteiger partial charge in [-0.3, -0.25) is 14.4 Å². The van der Waals surface area contributed by atoms with Gasteiger partial charge >= 0.3 is 0 Å². The van der Waals surface area contributed by atoms with Crippen molar-refractivity contribution in [2.45, 2.75) is 39.7 Å². The molecule has 2 atom stereocenters. The van der Waals surface area contributed by atoms with Gasteiger partial charge in [-0.2, -0.15) is 0 Å². The van der Waals surface area contributed by atoms with E-state index in [1.54, 1.807) is 16.7 Å². The van der Waals surface area contributed by atoms with E-state index in [4.69, 9.17) is 5.73 Å². The molecule has 2 aliphatic rings. The molecule has 0 unspecified atom stereocenters. The molecule has 1 spiro atoms. The van der Waals surface area contributed by atoms with Crippen LogP contribution in [0.4, 0.5) is 0 Å². The number of amides is 3.